The van der Waals surface area contributed by atoms with Crippen LogP contribution >= 0.6 is 11.6 Å². The van der Waals surface area contributed by atoms with Crippen LogP contribution in [0.2, 0.25) is 0 Å². The van der Waals surface area contributed by atoms with E-state index in [1.807, 2.05) is 6.07 Å². The molecule has 1 heterocycles. The van der Waals surface area contributed by atoms with Gasteiger partial charge >= 0.3 is 0 Å². The van der Waals surface area contributed by atoms with Crippen LogP contribution in [-0.2, 0) is 5.88 Å². The first-order valence-electron chi connectivity index (χ1n) is 6.74. The molecule has 1 aromatic rings. The van der Waals surface area contributed by atoms with Gasteiger partial charge in [0.2, 0.25) is 0 Å². The number of hydrogen-bond acceptors (Lipinski definition) is 3. The van der Waals surface area contributed by atoms with Crippen molar-refractivity contribution < 1.29 is 4.92 Å². The lowest BCUT2D eigenvalue weighted by atomic mass is 10.0. The summed E-state index contributed by atoms with van der Waals surface area (Å²) < 4.78 is 0. The molecule has 1 aromatic carbocycles. The number of hydrogen-bond donors (Lipinski definition) is 0. The number of nitrogens with zero attached hydrogens (tertiary/aromatic N) is 2. The van der Waals surface area contributed by atoms with Gasteiger partial charge in [0, 0.05) is 36.8 Å². The van der Waals surface area contributed by atoms with Crippen molar-refractivity contribution in [3.05, 3.63) is 33.9 Å². The maximum Gasteiger partial charge on any atom is 0.269 e. The molecule has 0 aromatic heterocycles. The Morgan fingerprint density at radius 2 is 2.32 bits per heavy atom. The van der Waals surface area contributed by atoms with Gasteiger partial charge in [-0.25, -0.2) is 0 Å². The van der Waals surface area contributed by atoms with Crippen LogP contribution in [-0.4, -0.2) is 18.0 Å². The molecular weight excluding hydrogens is 264 g/mol. The highest BCUT2D eigenvalue weighted by molar-refractivity contribution is 6.17. The summed E-state index contributed by atoms with van der Waals surface area (Å²) in [6.07, 6.45) is 3.66. The number of halogens is 1. The smallest absolute Gasteiger partial charge is 0.269 e. The minimum Gasteiger partial charge on any atom is -0.371 e. The van der Waals surface area contributed by atoms with E-state index < -0.39 is 0 Å². The molecule has 0 amide bonds. The first kappa shape index (κ1) is 14.1. The monoisotopic (exact) mass is 282 g/mol. The topological polar surface area (TPSA) is 46.4 Å². The lowest BCUT2D eigenvalue weighted by Crippen LogP contribution is -2.20. The molecule has 0 bridgehead atoms. The van der Waals surface area contributed by atoms with Crippen molar-refractivity contribution in [3.8, 4) is 0 Å². The summed E-state index contributed by atoms with van der Waals surface area (Å²) in [4.78, 5) is 12.7. The average molecular weight is 283 g/mol. The predicted octanol–water partition coefficient (Wildman–Crippen LogP) is 3.96. The molecule has 4 nitrogen and oxygen atoms in total. The largest absolute Gasteiger partial charge is 0.371 e. The Kier molecular flexibility index (Phi) is 4.64. The lowest BCUT2D eigenvalue weighted by molar-refractivity contribution is -0.384. The molecule has 1 aliphatic rings. The Morgan fingerprint density at radius 1 is 1.53 bits per heavy atom. The first-order valence-corrected chi connectivity index (χ1v) is 7.27. The molecule has 1 atom stereocenters. The van der Waals surface area contributed by atoms with E-state index in [-0.39, 0.29) is 10.6 Å². The van der Waals surface area contributed by atoms with E-state index in [1.54, 1.807) is 12.1 Å². The number of nitro benzene ring substituents is 1. The van der Waals surface area contributed by atoms with Gasteiger partial charge in [-0.15, -0.1) is 11.6 Å². The summed E-state index contributed by atoms with van der Waals surface area (Å²) >= 11 is 5.94. The maximum atomic E-state index is 10.8. The summed E-state index contributed by atoms with van der Waals surface area (Å²) in [6.45, 7) is 4.26. The van der Waals surface area contributed by atoms with Gasteiger partial charge in [-0.05, 0) is 30.4 Å². The van der Waals surface area contributed by atoms with Gasteiger partial charge in [0.05, 0.1) is 4.92 Å². The number of non-ortho nitro benzene ring substituents is 1. The predicted molar refractivity (Wildman–Crippen MR) is 77.9 cm³/mol. The number of nitro groups is 1. The highest BCUT2D eigenvalue weighted by Gasteiger charge is 2.24. The Hall–Kier alpha value is -1.29. The molecule has 2 rings (SSSR count). The molecule has 0 spiro atoms. The third-order valence-electron chi connectivity index (χ3n) is 3.74. The van der Waals surface area contributed by atoms with Crippen LogP contribution in [0.15, 0.2) is 18.2 Å². The molecule has 1 aliphatic heterocycles. The maximum absolute atomic E-state index is 10.8. The van der Waals surface area contributed by atoms with Crippen LogP contribution < -0.4 is 4.90 Å². The van der Waals surface area contributed by atoms with E-state index in [2.05, 4.69) is 11.8 Å². The second kappa shape index (κ2) is 6.24. The average Bonchev–Trinajstić information content (AvgIpc) is 2.86. The van der Waals surface area contributed by atoms with Gasteiger partial charge in [0.1, 0.15) is 0 Å². The number of rotatable bonds is 5. The Morgan fingerprint density at radius 3 is 2.95 bits per heavy atom. The Balaban J connectivity index is 2.18. The summed E-state index contributed by atoms with van der Waals surface area (Å²) in [7, 11) is 0. The van der Waals surface area contributed by atoms with Crippen LogP contribution in [0.3, 0.4) is 0 Å². The van der Waals surface area contributed by atoms with Gasteiger partial charge in [-0.3, -0.25) is 10.1 Å². The van der Waals surface area contributed by atoms with Gasteiger partial charge in [-0.1, -0.05) is 13.3 Å². The molecule has 0 N–H and O–H groups in total. The molecular formula is C14H19ClN2O2. The van der Waals surface area contributed by atoms with E-state index in [4.69, 9.17) is 11.6 Å². The number of anilines is 1. The zero-order valence-corrected chi connectivity index (χ0v) is 11.9. The summed E-state index contributed by atoms with van der Waals surface area (Å²) in [6, 6.07) is 5.00. The van der Waals surface area contributed by atoms with Crippen molar-refractivity contribution in [2.75, 3.05) is 18.0 Å². The summed E-state index contributed by atoms with van der Waals surface area (Å²) in [5.41, 5.74) is 2.02. The fraction of sp³-hybridized carbons (Fsp3) is 0.571. The SMILES string of the molecule is CCCC1CCN(c2ccc([N+](=O)[O-])cc2CCl)C1. The third-order valence-corrected chi connectivity index (χ3v) is 4.03. The molecule has 1 fully saturated rings. The first-order chi connectivity index (χ1) is 9.15. The van der Waals surface area contributed by atoms with Gasteiger partial charge in [0.15, 0.2) is 0 Å². The summed E-state index contributed by atoms with van der Waals surface area (Å²) in [5.74, 6) is 1.05. The van der Waals surface area contributed by atoms with Crippen molar-refractivity contribution >= 4 is 23.0 Å². The molecule has 19 heavy (non-hydrogen) atoms. The van der Waals surface area contributed by atoms with Gasteiger partial charge in [0.25, 0.3) is 5.69 Å². The zero-order chi connectivity index (χ0) is 13.8. The molecule has 104 valence electrons. The Bertz CT molecular complexity index is 465. The normalized spacial score (nSPS) is 18.8. The van der Waals surface area contributed by atoms with Gasteiger partial charge in [-0.2, -0.15) is 0 Å². The number of alkyl halides is 1. The third kappa shape index (κ3) is 3.18. The zero-order valence-electron chi connectivity index (χ0n) is 11.1. The van der Waals surface area contributed by atoms with E-state index in [0.29, 0.717) is 5.88 Å². The van der Waals surface area contributed by atoms with Gasteiger partial charge < -0.3 is 4.90 Å². The second-order valence-corrected chi connectivity index (χ2v) is 5.36. The highest BCUT2D eigenvalue weighted by Crippen LogP contribution is 2.32. The van der Waals surface area contributed by atoms with Crippen molar-refractivity contribution in [1.82, 2.24) is 0 Å². The standard InChI is InChI=1S/C14H19ClN2O2/c1-2-3-11-6-7-16(10-11)14-5-4-13(17(18)19)8-12(14)9-15/h4-5,8,11H,2-3,6-7,9-10H2,1H3. The van der Waals surface area contributed by atoms with Crippen LogP contribution in [0.4, 0.5) is 11.4 Å². The number of benzene rings is 1. The highest BCUT2D eigenvalue weighted by atomic mass is 35.5. The Labute approximate surface area is 118 Å². The van der Waals surface area contributed by atoms with Crippen molar-refractivity contribution in [1.29, 1.82) is 0 Å². The van der Waals surface area contributed by atoms with E-state index in [0.717, 1.165) is 30.3 Å². The van der Waals surface area contributed by atoms with Crippen molar-refractivity contribution in [2.45, 2.75) is 32.1 Å². The molecule has 0 radical (unpaired) electrons. The van der Waals surface area contributed by atoms with Crippen LogP contribution in [0, 0.1) is 16.0 Å². The van der Waals surface area contributed by atoms with E-state index in [9.17, 15) is 10.1 Å². The van der Waals surface area contributed by atoms with Crippen LogP contribution in [0.5, 0.6) is 0 Å². The van der Waals surface area contributed by atoms with Crippen molar-refractivity contribution in [3.63, 3.8) is 0 Å². The fourth-order valence-corrected chi connectivity index (χ4v) is 3.01. The molecule has 1 saturated heterocycles. The molecule has 5 heteroatoms. The van der Waals surface area contributed by atoms with Crippen molar-refractivity contribution in [2.24, 2.45) is 5.92 Å². The summed E-state index contributed by atoms with van der Waals surface area (Å²) in [5, 5.41) is 10.8. The molecule has 0 saturated carbocycles. The van der Waals surface area contributed by atoms with Crippen LogP contribution in [0.25, 0.3) is 0 Å². The molecule has 1 unspecified atom stereocenters. The van der Waals surface area contributed by atoms with E-state index >= 15 is 0 Å². The minimum atomic E-state index is -0.371. The van der Waals surface area contributed by atoms with Crippen LogP contribution in [0.1, 0.15) is 31.7 Å². The second-order valence-electron chi connectivity index (χ2n) is 5.09. The minimum absolute atomic E-state index is 0.115. The van der Waals surface area contributed by atoms with E-state index in [1.165, 1.54) is 19.3 Å². The fourth-order valence-electron chi connectivity index (χ4n) is 2.80. The lowest BCUT2D eigenvalue weighted by Gasteiger charge is -2.21. The quantitative estimate of drug-likeness (QED) is 0.466. The molecule has 0 aliphatic carbocycles.